The maximum Gasteiger partial charge on any atom is 0.547 e. The third-order valence-electron chi connectivity index (χ3n) is 1.71. The molecular weight excluding hydrogens is 343 g/mol. The van der Waals surface area contributed by atoms with Gasteiger partial charge in [-0.05, 0) is 13.8 Å². The smallest absolute Gasteiger partial charge is 0.389 e. The molecule has 1 atom stereocenters. The molecule has 9 nitrogen and oxygen atoms in total. The van der Waals surface area contributed by atoms with Crippen molar-refractivity contribution in [2.75, 3.05) is 12.5 Å². The molecule has 0 radical (unpaired) electrons. The van der Waals surface area contributed by atoms with E-state index in [-0.39, 0.29) is 17.0 Å². The van der Waals surface area contributed by atoms with Crippen LogP contribution in [0.5, 0.6) is 0 Å². The van der Waals surface area contributed by atoms with Crippen LogP contribution in [0, 0.1) is 0 Å². The van der Waals surface area contributed by atoms with Crippen molar-refractivity contribution in [2.24, 2.45) is 0 Å². The van der Waals surface area contributed by atoms with Gasteiger partial charge in [-0.2, -0.15) is 0 Å². The van der Waals surface area contributed by atoms with Crippen LogP contribution < -0.4 is 0 Å². The van der Waals surface area contributed by atoms with Crippen LogP contribution in [0.3, 0.4) is 0 Å². The maximum absolute atomic E-state index is 12.1. The van der Waals surface area contributed by atoms with Crippen molar-refractivity contribution >= 4 is 31.4 Å². The lowest BCUT2D eigenvalue weighted by Crippen LogP contribution is -2.18. The first-order valence-electron chi connectivity index (χ1n) is 5.72. The van der Waals surface area contributed by atoms with E-state index in [9.17, 15) is 19.3 Å². The minimum atomic E-state index is -4.66. The van der Waals surface area contributed by atoms with Gasteiger partial charge >= 0.3 is 19.8 Å². The van der Waals surface area contributed by atoms with Crippen LogP contribution in [0.15, 0.2) is 24.3 Å². The zero-order chi connectivity index (χ0) is 17.3. The van der Waals surface area contributed by atoms with Crippen molar-refractivity contribution in [3.63, 3.8) is 0 Å². The third kappa shape index (κ3) is 8.28. The molecule has 0 aromatic rings. The highest BCUT2D eigenvalue weighted by atomic mass is 35.5. The number of aliphatic hydroxyl groups is 1. The van der Waals surface area contributed by atoms with Gasteiger partial charge in [-0.15, -0.1) is 11.6 Å². The van der Waals surface area contributed by atoms with Gasteiger partial charge in [0.15, 0.2) is 0 Å². The molecule has 0 aliphatic carbocycles. The van der Waals surface area contributed by atoms with Crippen LogP contribution in [0.1, 0.15) is 13.8 Å². The molecule has 126 valence electrons. The van der Waals surface area contributed by atoms with Crippen LogP contribution in [-0.2, 0) is 37.8 Å². The average molecular weight is 359 g/mol. The largest absolute Gasteiger partial charge is 0.547 e. The Balaban J connectivity index is 4.77. The molecule has 0 aliphatic heterocycles. The average Bonchev–Trinajstić information content (AvgIpc) is 2.47. The van der Waals surface area contributed by atoms with E-state index in [4.69, 9.17) is 11.6 Å². The van der Waals surface area contributed by atoms with Crippen LogP contribution in [0.2, 0.25) is 0 Å². The fourth-order valence-electron chi connectivity index (χ4n) is 0.579. The summed E-state index contributed by atoms with van der Waals surface area (Å²) in [5, 5.41) is 9.22. The van der Waals surface area contributed by atoms with E-state index < -0.39 is 32.5 Å². The molecule has 1 N–H and O–H groups in total. The van der Waals surface area contributed by atoms with Crippen molar-refractivity contribution in [1.29, 1.82) is 0 Å². The van der Waals surface area contributed by atoms with Gasteiger partial charge in [0.25, 0.3) is 0 Å². The van der Waals surface area contributed by atoms with Crippen LogP contribution in [-0.4, -0.2) is 35.6 Å². The van der Waals surface area contributed by atoms with Gasteiger partial charge in [0.2, 0.25) is 0 Å². The minimum Gasteiger partial charge on any atom is -0.389 e. The fourth-order valence-corrected chi connectivity index (χ4v) is 1.45. The molecule has 0 saturated carbocycles. The van der Waals surface area contributed by atoms with Crippen LogP contribution in [0.25, 0.3) is 0 Å². The molecule has 0 aromatic carbocycles. The Morgan fingerprint density at radius 1 is 1.14 bits per heavy atom. The first-order valence-corrected chi connectivity index (χ1v) is 7.71. The molecule has 0 saturated heterocycles. The Morgan fingerprint density at radius 2 is 1.55 bits per heavy atom. The molecule has 0 rings (SSSR count). The molecular formula is C11H16ClO9P. The predicted octanol–water partition coefficient (Wildman–Crippen LogP) is 1.81. The van der Waals surface area contributed by atoms with E-state index in [1.165, 1.54) is 13.8 Å². The first-order chi connectivity index (χ1) is 10.1. The number of rotatable bonds is 10. The van der Waals surface area contributed by atoms with Gasteiger partial charge in [-0.1, -0.05) is 22.5 Å². The Kier molecular flexibility index (Phi) is 9.19. The molecule has 22 heavy (non-hydrogen) atoms. The Hall–Kier alpha value is -1.22. The highest BCUT2D eigenvalue weighted by Crippen LogP contribution is 2.50. The Morgan fingerprint density at radius 3 is 1.86 bits per heavy atom. The second kappa shape index (κ2) is 9.73. The normalized spacial score (nSPS) is 12.4. The summed E-state index contributed by atoms with van der Waals surface area (Å²) >= 11 is 5.32. The third-order valence-corrected chi connectivity index (χ3v) is 3.04. The molecule has 0 heterocycles. The summed E-state index contributed by atoms with van der Waals surface area (Å²) in [4.78, 5) is 30.6. The minimum absolute atomic E-state index is 0.0636. The quantitative estimate of drug-likeness (QED) is 0.205. The summed E-state index contributed by atoms with van der Waals surface area (Å²) in [5.41, 5.74) is -0.127. The molecule has 0 spiro atoms. The van der Waals surface area contributed by atoms with E-state index in [1.54, 1.807) is 0 Å². The lowest BCUT2D eigenvalue weighted by Gasteiger charge is -2.16. The SMILES string of the molecule is C=C(C)C(=O)OOP(=O)(OCC(O)CCl)OOC(=O)C(=C)C. The first kappa shape index (κ1) is 20.8. The summed E-state index contributed by atoms with van der Waals surface area (Å²) in [7, 11) is -4.66. The number of aliphatic hydroxyl groups excluding tert-OH is 1. The van der Waals surface area contributed by atoms with Gasteiger partial charge in [0.05, 0.1) is 18.6 Å². The van der Waals surface area contributed by atoms with Crippen LogP contribution in [0.4, 0.5) is 0 Å². The highest BCUT2D eigenvalue weighted by Gasteiger charge is 2.35. The summed E-state index contributed by atoms with van der Waals surface area (Å²) in [6.07, 6.45) is -1.21. The summed E-state index contributed by atoms with van der Waals surface area (Å²) in [6.45, 7) is 8.52. The van der Waals surface area contributed by atoms with Crippen molar-refractivity contribution in [3.05, 3.63) is 24.3 Å². The number of alkyl halides is 1. The lowest BCUT2D eigenvalue weighted by molar-refractivity contribution is -0.259. The Bertz CT molecular complexity index is 456. The summed E-state index contributed by atoms with van der Waals surface area (Å²) < 4.78 is 25.1. The van der Waals surface area contributed by atoms with E-state index in [2.05, 4.69) is 36.8 Å². The van der Waals surface area contributed by atoms with E-state index in [0.29, 0.717) is 0 Å². The maximum atomic E-state index is 12.1. The van der Waals surface area contributed by atoms with E-state index in [0.717, 1.165) is 0 Å². The zero-order valence-corrected chi connectivity index (χ0v) is 13.6. The van der Waals surface area contributed by atoms with Gasteiger partial charge in [0.1, 0.15) is 0 Å². The number of hydrogen-bond donors (Lipinski definition) is 1. The predicted molar refractivity (Wildman–Crippen MR) is 74.3 cm³/mol. The van der Waals surface area contributed by atoms with Gasteiger partial charge in [-0.25, -0.2) is 14.2 Å². The fraction of sp³-hybridized carbons (Fsp3) is 0.455. The van der Waals surface area contributed by atoms with Crippen molar-refractivity contribution in [3.8, 4) is 0 Å². The number of carbonyl (C=O) groups is 2. The molecule has 0 fully saturated rings. The Labute approximate surface area is 131 Å². The number of phosphoric acid groups is 1. The molecule has 11 heteroatoms. The topological polar surface area (TPSA) is 118 Å². The van der Waals surface area contributed by atoms with Gasteiger partial charge in [-0.3, -0.25) is 14.3 Å². The molecule has 0 amide bonds. The molecule has 0 aromatic heterocycles. The van der Waals surface area contributed by atoms with E-state index >= 15 is 0 Å². The standard InChI is InChI=1S/C11H16ClO9P/c1-7(2)10(14)18-20-22(16,17-6-9(13)5-12)21-19-11(15)8(3)4/h9,13H,1,3,5-6H2,2,4H3. The van der Waals surface area contributed by atoms with E-state index in [1.807, 2.05) is 0 Å². The number of halogens is 1. The molecule has 1 unspecified atom stereocenters. The van der Waals surface area contributed by atoms with Gasteiger partial charge < -0.3 is 5.11 Å². The molecule has 0 aliphatic rings. The second-order valence-corrected chi connectivity index (χ2v) is 5.76. The van der Waals surface area contributed by atoms with Gasteiger partial charge in [0, 0.05) is 11.1 Å². The second-order valence-electron chi connectivity index (χ2n) is 4.00. The highest BCUT2D eigenvalue weighted by molar-refractivity contribution is 7.48. The monoisotopic (exact) mass is 358 g/mol. The molecule has 0 bridgehead atoms. The number of carbonyl (C=O) groups excluding carboxylic acids is 2. The number of hydrogen-bond acceptors (Lipinski definition) is 9. The summed E-state index contributed by atoms with van der Waals surface area (Å²) in [6, 6.07) is 0. The van der Waals surface area contributed by atoms with Crippen LogP contribution >= 0.6 is 19.4 Å². The lowest BCUT2D eigenvalue weighted by atomic mass is 10.4. The van der Waals surface area contributed by atoms with Crippen molar-refractivity contribution in [2.45, 2.75) is 20.0 Å². The summed E-state index contributed by atoms with van der Waals surface area (Å²) in [5.74, 6) is -2.36. The van der Waals surface area contributed by atoms with Crippen molar-refractivity contribution < 1.29 is 42.9 Å². The van der Waals surface area contributed by atoms with Crippen molar-refractivity contribution in [1.82, 2.24) is 0 Å². The zero-order valence-electron chi connectivity index (χ0n) is 11.9.